The van der Waals surface area contributed by atoms with E-state index in [1.807, 2.05) is 11.7 Å². The van der Waals surface area contributed by atoms with E-state index in [0.717, 1.165) is 5.69 Å². The highest BCUT2D eigenvalue weighted by atomic mass is 15.3. The Balaban J connectivity index is 2.46. The number of hydrogen-bond acceptors (Lipinski definition) is 2. The van der Waals surface area contributed by atoms with E-state index in [0.29, 0.717) is 12.5 Å². The molecule has 1 aromatic heterocycles. The summed E-state index contributed by atoms with van der Waals surface area (Å²) in [5.74, 6) is 0.645. The van der Waals surface area contributed by atoms with Gasteiger partial charge in [-0.05, 0) is 31.4 Å². The fourth-order valence-electron chi connectivity index (χ4n) is 2.75. The molecule has 0 aliphatic rings. The maximum atomic E-state index is 6.05. The summed E-state index contributed by atoms with van der Waals surface area (Å²) >= 11 is 0. The van der Waals surface area contributed by atoms with Gasteiger partial charge in [0.15, 0.2) is 0 Å². The molecule has 1 atom stereocenters. The van der Waals surface area contributed by atoms with Crippen molar-refractivity contribution >= 4 is 0 Å². The quantitative estimate of drug-likeness (QED) is 0.927. The molecule has 0 saturated carbocycles. The van der Waals surface area contributed by atoms with Gasteiger partial charge >= 0.3 is 0 Å². The summed E-state index contributed by atoms with van der Waals surface area (Å²) in [4.78, 5) is 0. The largest absolute Gasteiger partial charge is 0.329 e. The van der Waals surface area contributed by atoms with Crippen molar-refractivity contribution in [3.05, 3.63) is 52.3 Å². The van der Waals surface area contributed by atoms with E-state index in [1.54, 1.807) is 0 Å². The average molecular weight is 271 g/mol. The minimum atomic E-state index is 0.207. The highest BCUT2D eigenvalue weighted by Gasteiger charge is 2.19. The van der Waals surface area contributed by atoms with Gasteiger partial charge in [-0.25, -0.2) is 0 Å². The van der Waals surface area contributed by atoms with Crippen molar-refractivity contribution in [1.82, 2.24) is 9.78 Å². The summed E-state index contributed by atoms with van der Waals surface area (Å²) < 4.78 is 1.98. The Morgan fingerprint density at radius 1 is 1.10 bits per heavy atom. The van der Waals surface area contributed by atoms with Crippen molar-refractivity contribution in [2.24, 2.45) is 12.8 Å². The van der Waals surface area contributed by atoms with Crippen LogP contribution in [-0.2, 0) is 7.05 Å². The molecular formula is C17H25N3. The molecule has 0 bridgehead atoms. The summed E-state index contributed by atoms with van der Waals surface area (Å²) in [5.41, 5.74) is 12.2. The summed E-state index contributed by atoms with van der Waals surface area (Å²) in [6.07, 6.45) is 0. The SMILES string of the molecule is Cc1cc(C)cc(C(CN)c2cc(C(C)C)nn2C)c1. The van der Waals surface area contributed by atoms with E-state index in [4.69, 9.17) is 5.73 Å². The van der Waals surface area contributed by atoms with E-state index in [1.165, 1.54) is 22.4 Å². The first-order valence-electron chi connectivity index (χ1n) is 7.24. The van der Waals surface area contributed by atoms with Crippen molar-refractivity contribution in [3.8, 4) is 0 Å². The Bertz CT molecular complexity index is 576. The molecule has 3 heteroatoms. The van der Waals surface area contributed by atoms with Gasteiger partial charge in [-0.2, -0.15) is 5.10 Å². The summed E-state index contributed by atoms with van der Waals surface area (Å²) in [7, 11) is 2.01. The van der Waals surface area contributed by atoms with Gasteiger partial charge in [0.1, 0.15) is 0 Å². The van der Waals surface area contributed by atoms with Crippen molar-refractivity contribution in [3.63, 3.8) is 0 Å². The van der Waals surface area contributed by atoms with Gasteiger partial charge in [0.25, 0.3) is 0 Å². The lowest BCUT2D eigenvalue weighted by Crippen LogP contribution is -2.17. The van der Waals surface area contributed by atoms with E-state index in [-0.39, 0.29) is 5.92 Å². The summed E-state index contributed by atoms with van der Waals surface area (Å²) in [5, 5.41) is 4.61. The molecule has 1 unspecified atom stereocenters. The van der Waals surface area contributed by atoms with Crippen LogP contribution in [0.5, 0.6) is 0 Å². The highest BCUT2D eigenvalue weighted by molar-refractivity contribution is 5.36. The van der Waals surface area contributed by atoms with Crippen molar-refractivity contribution in [2.45, 2.75) is 39.5 Å². The molecule has 0 saturated heterocycles. The second-order valence-electron chi connectivity index (χ2n) is 5.98. The topological polar surface area (TPSA) is 43.8 Å². The molecule has 20 heavy (non-hydrogen) atoms. The Kier molecular flexibility index (Phi) is 4.29. The molecule has 3 nitrogen and oxygen atoms in total. The predicted octanol–water partition coefficient (Wildman–Crippen LogP) is 3.25. The molecule has 2 aromatic rings. The van der Waals surface area contributed by atoms with Gasteiger partial charge in [-0.15, -0.1) is 0 Å². The van der Waals surface area contributed by atoms with Gasteiger partial charge in [-0.1, -0.05) is 43.2 Å². The Labute approximate surface area is 121 Å². The van der Waals surface area contributed by atoms with Crippen LogP contribution in [0.3, 0.4) is 0 Å². The fourth-order valence-corrected chi connectivity index (χ4v) is 2.75. The normalized spacial score (nSPS) is 12.9. The minimum Gasteiger partial charge on any atom is -0.329 e. The van der Waals surface area contributed by atoms with Crippen molar-refractivity contribution < 1.29 is 0 Å². The lowest BCUT2D eigenvalue weighted by Gasteiger charge is -2.17. The predicted molar refractivity (Wildman–Crippen MR) is 84.1 cm³/mol. The molecule has 108 valence electrons. The van der Waals surface area contributed by atoms with E-state index in [2.05, 4.69) is 57.1 Å². The number of benzene rings is 1. The van der Waals surface area contributed by atoms with Gasteiger partial charge in [0.05, 0.1) is 5.69 Å². The van der Waals surface area contributed by atoms with Crippen LogP contribution in [0.25, 0.3) is 0 Å². The third kappa shape index (κ3) is 2.93. The number of rotatable bonds is 4. The molecule has 1 heterocycles. The second-order valence-corrected chi connectivity index (χ2v) is 5.98. The minimum absolute atomic E-state index is 0.207. The number of nitrogens with zero attached hydrogens (tertiary/aromatic N) is 2. The number of aromatic nitrogens is 2. The van der Waals surface area contributed by atoms with Crippen LogP contribution in [0.1, 0.15) is 53.8 Å². The van der Waals surface area contributed by atoms with Crippen molar-refractivity contribution in [1.29, 1.82) is 0 Å². The molecule has 0 spiro atoms. The molecule has 0 aliphatic carbocycles. The zero-order chi connectivity index (χ0) is 14.9. The van der Waals surface area contributed by atoms with E-state index >= 15 is 0 Å². The van der Waals surface area contributed by atoms with Crippen LogP contribution >= 0.6 is 0 Å². The molecule has 0 aliphatic heterocycles. The van der Waals surface area contributed by atoms with Crippen LogP contribution in [0, 0.1) is 13.8 Å². The molecule has 0 fully saturated rings. The van der Waals surface area contributed by atoms with Crippen LogP contribution < -0.4 is 5.73 Å². The van der Waals surface area contributed by atoms with Gasteiger partial charge < -0.3 is 5.73 Å². The number of nitrogens with two attached hydrogens (primary N) is 1. The maximum absolute atomic E-state index is 6.05. The molecule has 0 radical (unpaired) electrons. The standard InChI is InChI=1S/C17H25N3/c1-11(2)16-9-17(20(5)19-16)15(10-18)14-7-12(3)6-13(4)8-14/h6-9,11,15H,10,18H2,1-5H3. The lowest BCUT2D eigenvalue weighted by atomic mass is 9.92. The monoisotopic (exact) mass is 271 g/mol. The fraction of sp³-hybridized carbons (Fsp3) is 0.471. The Morgan fingerprint density at radius 3 is 2.15 bits per heavy atom. The molecule has 2 rings (SSSR count). The highest BCUT2D eigenvalue weighted by Crippen LogP contribution is 2.27. The molecule has 2 N–H and O–H groups in total. The lowest BCUT2D eigenvalue weighted by molar-refractivity contribution is 0.649. The van der Waals surface area contributed by atoms with Crippen LogP contribution in [0.4, 0.5) is 0 Å². The van der Waals surface area contributed by atoms with Crippen molar-refractivity contribution in [2.75, 3.05) is 6.54 Å². The Hall–Kier alpha value is -1.61. The zero-order valence-electron chi connectivity index (χ0n) is 13.1. The molecular weight excluding hydrogens is 246 g/mol. The average Bonchev–Trinajstić information content (AvgIpc) is 2.72. The second kappa shape index (κ2) is 5.80. The number of aryl methyl sites for hydroxylation is 3. The van der Waals surface area contributed by atoms with Crippen LogP contribution in [0.2, 0.25) is 0 Å². The first-order valence-corrected chi connectivity index (χ1v) is 7.24. The summed E-state index contributed by atoms with van der Waals surface area (Å²) in [6.45, 7) is 9.19. The van der Waals surface area contributed by atoms with Crippen LogP contribution in [0.15, 0.2) is 24.3 Å². The smallest absolute Gasteiger partial charge is 0.0653 e. The first-order chi connectivity index (χ1) is 9.42. The number of hydrogen-bond donors (Lipinski definition) is 1. The molecule has 0 amide bonds. The third-order valence-corrected chi connectivity index (χ3v) is 3.77. The third-order valence-electron chi connectivity index (χ3n) is 3.77. The zero-order valence-corrected chi connectivity index (χ0v) is 13.1. The van der Waals surface area contributed by atoms with Gasteiger partial charge in [0, 0.05) is 25.2 Å². The van der Waals surface area contributed by atoms with Gasteiger partial charge in [0.2, 0.25) is 0 Å². The first kappa shape index (κ1) is 14.8. The van der Waals surface area contributed by atoms with Gasteiger partial charge in [-0.3, -0.25) is 4.68 Å². The summed E-state index contributed by atoms with van der Waals surface area (Å²) in [6, 6.07) is 8.85. The Morgan fingerprint density at radius 2 is 1.70 bits per heavy atom. The maximum Gasteiger partial charge on any atom is 0.0653 e. The molecule has 1 aromatic carbocycles. The van der Waals surface area contributed by atoms with E-state index < -0.39 is 0 Å². The van der Waals surface area contributed by atoms with Crippen LogP contribution in [-0.4, -0.2) is 16.3 Å². The van der Waals surface area contributed by atoms with E-state index in [9.17, 15) is 0 Å².